The van der Waals surface area contributed by atoms with Crippen molar-refractivity contribution in [2.45, 2.75) is 38.5 Å². The molecular formula is C8H16BrCl. The summed E-state index contributed by atoms with van der Waals surface area (Å²) < 4.78 is 0. The Labute approximate surface area is 77.5 Å². The molecule has 2 heteroatoms. The summed E-state index contributed by atoms with van der Waals surface area (Å²) in [5.41, 5.74) is 0. The van der Waals surface area contributed by atoms with Crippen molar-refractivity contribution in [1.29, 1.82) is 0 Å². The summed E-state index contributed by atoms with van der Waals surface area (Å²) >= 11 is 9.30. The van der Waals surface area contributed by atoms with Crippen molar-refractivity contribution in [2.75, 3.05) is 5.33 Å². The van der Waals surface area contributed by atoms with Gasteiger partial charge in [0.25, 0.3) is 0 Å². The summed E-state index contributed by atoms with van der Waals surface area (Å²) in [6.45, 7) is 4.29. The number of rotatable bonds is 5. The molecule has 0 aliphatic carbocycles. The first-order valence-corrected chi connectivity index (χ1v) is 5.46. The van der Waals surface area contributed by atoms with Crippen molar-refractivity contribution in [3.8, 4) is 0 Å². The van der Waals surface area contributed by atoms with E-state index in [0.29, 0.717) is 5.38 Å². The maximum atomic E-state index is 5.82. The van der Waals surface area contributed by atoms with Crippen LogP contribution in [0.3, 0.4) is 0 Å². The van der Waals surface area contributed by atoms with E-state index in [9.17, 15) is 0 Å². The van der Waals surface area contributed by atoms with Crippen LogP contribution in [0.2, 0.25) is 0 Å². The van der Waals surface area contributed by atoms with Gasteiger partial charge in [-0.3, -0.25) is 0 Å². The number of hydrogen-bond donors (Lipinski definition) is 0. The summed E-state index contributed by atoms with van der Waals surface area (Å²) in [6.07, 6.45) is 3.66. The minimum Gasteiger partial charge on any atom is -0.123 e. The predicted molar refractivity (Wildman–Crippen MR) is 52.1 cm³/mol. The Hall–Kier alpha value is 0.770. The molecule has 0 rings (SSSR count). The third-order valence-electron chi connectivity index (χ3n) is 1.77. The second-order valence-electron chi connectivity index (χ2n) is 2.79. The van der Waals surface area contributed by atoms with Crippen LogP contribution >= 0.6 is 27.5 Å². The Morgan fingerprint density at radius 1 is 1.40 bits per heavy atom. The van der Waals surface area contributed by atoms with E-state index in [-0.39, 0.29) is 0 Å². The first-order chi connectivity index (χ1) is 4.70. The summed E-state index contributed by atoms with van der Waals surface area (Å²) in [5, 5.41) is 1.46. The molecule has 0 radical (unpaired) electrons. The van der Waals surface area contributed by atoms with Gasteiger partial charge in [0.1, 0.15) is 0 Å². The van der Waals surface area contributed by atoms with Crippen molar-refractivity contribution < 1.29 is 0 Å². The Morgan fingerprint density at radius 3 is 2.30 bits per heavy atom. The number of halogens is 2. The maximum absolute atomic E-state index is 5.82. The fourth-order valence-corrected chi connectivity index (χ4v) is 1.76. The Kier molecular flexibility index (Phi) is 6.98. The van der Waals surface area contributed by atoms with Gasteiger partial charge < -0.3 is 0 Å². The molecule has 0 aliphatic rings. The van der Waals surface area contributed by atoms with Crippen LogP contribution in [0.25, 0.3) is 0 Å². The summed E-state index contributed by atoms with van der Waals surface area (Å²) in [4.78, 5) is 0. The topological polar surface area (TPSA) is 0 Å². The van der Waals surface area contributed by atoms with Crippen LogP contribution in [0.5, 0.6) is 0 Å². The van der Waals surface area contributed by atoms with E-state index >= 15 is 0 Å². The van der Waals surface area contributed by atoms with E-state index in [1.807, 2.05) is 0 Å². The highest BCUT2D eigenvalue weighted by Crippen LogP contribution is 2.16. The second-order valence-corrected chi connectivity index (χ2v) is 4.18. The van der Waals surface area contributed by atoms with E-state index in [2.05, 4.69) is 29.8 Å². The second kappa shape index (κ2) is 6.48. The van der Waals surface area contributed by atoms with Crippen LogP contribution in [0.15, 0.2) is 0 Å². The molecule has 0 heterocycles. The molecule has 0 aromatic carbocycles. The standard InChI is InChI=1S/C8H16BrCl/c1-3-8(6-9)5-4-7(2)10/h7-8H,3-6H2,1-2H3. The zero-order valence-corrected chi connectivity index (χ0v) is 9.08. The van der Waals surface area contributed by atoms with E-state index in [4.69, 9.17) is 11.6 Å². The molecule has 0 spiro atoms. The summed E-state index contributed by atoms with van der Waals surface area (Å²) in [7, 11) is 0. The highest BCUT2D eigenvalue weighted by molar-refractivity contribution is 9.09. The minimum atomic E-state index is 0.341. The van der Waals surface area contributed by atoms with Gasteiger partial charge in [-0.25, -0.2) is 0 Å². The first kappa shape index (κ1) is 10.8. The summed E-state index contributed by atoms with van der Waals surface area (Å²) in [6, 6.07) is 0. The van der Waals surface area contributed by atoms with Gasteiger partial charge in [0.2, 0.25) is 0 Å². The molecule has 0 N–H and O–H groups in total. The quantitative estimate of drug-likeness (QED) is 0.627. The fourth-order valence-electron chi connectivity index (χ4n) is 0.856. The van der Waals surface area contributed by atoms with Gasteiger partial charge >= 0.3 is 0 Å². The van der Waals surface area contributed by atoms with Gasteiger partial charge in [0.05, 0.1) is 0 Å². The van der Waals surface area contributed by atoms with Crippen molar-refractivity contribution in [1.82, 2.24) is 0 Å². The van der Waals surface area contributed by atoms with Crippen molar-refractivity contribution in [2.24, 2.45) is 5.92 Å². The van der Waals surface area contributed by atoms with E-state index < -0.39 is 0 Å². The van der Waals surface area contributed by atoms with Crippen LogP contribution in [-0.2, 0) is 0 Å². The Bertz CT molecular complexity index is 69.7. The molecular weight excluding hydrogens is 211 g/mol. The predicted octanol–water partition coefficient (Wildman–Crippen LogP) is 3.82. The third-order valence-corrected chi connectivity index (χ3v) is 2.90. The molecule has 0 aliphatic heterocycles. The molecule has 10 heavy (non-hydrogen) atoms. The van der Waals surface area contributed by atoms with Crippen LogP contribution in [-0.4, -0.2) is 10.7 Å². The SMILES string of the molecule is CCC(CBr)CCC(C)Cl. The van der Waals surface area contributed by atoms with Crippen molar-refractivity contribution >= 4 is 27.5 Å². The molecule has 0 saturated carbocycles. The molecule has 2 atom stereocenters. The molecule has 0 saturated heterocycles. The van der Waals surface area contributed by atoms with Gasteiger partial charge in [0, 0.05) is 10.7 Å². The largest absolute Gasteiger partial charge is 0.123 e. The highest BCUT2D eigenvalue weighted by Gasteiger charge is 2.05. The van der Waals surface area contributed by atoms with Crippen LogP contribution in [0, 0.1) is 5.92 Å². The van der Waals surface area contributed by atoms with E-state index in [0.717, 1.165) is 17.7 Å². The average Bonchev–Trinajstić information content (AvgIpc) is 1.90. The van der Waals surface area contributed by atoms with Crippen LogP contribution in [0.4, 0.5) is 0 Å². The maximum Gasteiger partial charge on any atom is 0.0307 e. The lowest BCUT2D eigenvalue weighted by Gasteiger charge is -2.11. The smallest absolute Gasteiger partial charge is 0.0307 e. The van der Waals surface area contributed by atoms with Crippen LogP contribution in [0.1, 0.15) is 33.1 Å². The van der Waals surface area contributed by atoms with E-state index in [1.54, 1.807) is 0 Å². The van der Waals surface area contributed by atoms with Gasteiger partial charge in [-0.1, -0.05) is 29.3 Å². The van der Waals surface area contributed by atoms with Crippen molar-refractivity contribution in [3.63, 3.8) is 0 Å². The average molecular weight is 228 g/mol. The van der Waals surface area contributed by atoms with Gasteiger partial charge in [-0.2, -0.15) is 0 Å². The van der Waals surface area contributed by atoms with Crippen molar-refractivity contribution in [3.05, 3.63) is 0 Å². The number of alkyl halides is 2. The zero-order valence-electron chi connectivity index (χ0n) is 6.74. The normalized spacial score (nSPS) is 16.8. The Balaban J connectivity index is 3.26. The fraction of sp³-hybridized carbons (Fsp3) is 1.00. The molecule has 0 aromatic heterocycles. The van der Waals surface area contributed by atoms with Gasteiger partial charge in [-0.05, 0) is 25.7 Å². The molecule has 0 aromatic rings. The Morgan fingerprint density at radius 2 is 2.00 bits per heavy atom. The summed E-state index contributed by atoms with van der Waals surface area (Å²) in [5.74, 6) is 0.821. The monoisotopic (exact) mass is 226 g/mol. The molecule has 0 bridgehead atoms. The lowest BCUT2D eigenvalue weighted by Crippen LogP contribution is -2.03. The van der Waals surface area contributed by atoms with E-state index in [1.165, 1.54) is 12.8 Å². The lowest BCUT2D eigenvalue weighted by atomic mass is 10.0. The zero-order chi connectivity index (χ0) is 7.98. The molecule has 0 nitrogen and oxygen atoms in total. The first-order valence-electron chi connectivity index (χ1n) is 3.90. The minimum absolute atomic E-state index is 0.341. The van der Waals surface area contributed by atoms with Gasteiger partial charge in [-0.15, -0.1) is 11.6 Å². The third kappa shape index (κ3) is 5.55. The molecule has 62 valence electrons. The molecule has 0 fully saturated rings. The highest BCUT2D eigenvalue weighted by atomic mass is 79.9. The molecule has 2 unspecified atom stereocenters. The van der Waals surface area contributed by atoms with Crippen LogP contribution < -0.4 is 0 Å². The number of hydrogen-bond acceptors (Lipinski definition) is 0. The van der Waals surface area contributed by atoms with Gasteiger partial charge in [0.15, 0.2) is 0 Å². The lowest BCUT2D eigenvalue weighted by molar-refractivity contribution is 0.504. The molecule has 0 amide bonds.